The van der Waals surface area contributed by atoms with E-state index in [1.54, 1.807) is 0 Å². The van der Waals surface area contributed by atoms with E-state index >= 15 is 0 Å². The highest BCUT2D eigenvalue weighted by atomic mass is 32.1. The Bertz CT molecular complexity index is 780. The molecule has 4 rings (SSSR count). The number of hydrogen-bond acceptors (Lipinski definition) is 5. The molecule has 0 amide bonds. The molecule has 1 aliphatic heterocycles. The minimum atomic E-state index is 0.386. The Labute approximate surface area is 133 Å². The Morgan fingerprint density at radius 2 is 2.00 bits per heavy atom. The van der Waals surface area contributed by atoms with E-state index in [0.717, 1.165) is 42.8 Å². The standard InChI is InChI=1S/C16H19N5S/c1-11-10-21-8-7-20(6-5-16(21)17-11)12(2)13-3-4-14-15(9-13)19-22-18-14/h3-4,9-10,12H,5-8H2,1-2H3. The van der Waals surface area contributed by atoms with Gasteiger partial charge in [0.1, 0.15) is 16.9 Å². The van der Waals surface area contributed by atoms with E-state index in [1.165, 1.54) is 23.1 Å². The van der Waals surface area contributed by atoms with Crippen LogP contribution >= 0.6 is 11.7 Å². The fraction of sp³-hybridized carbons (Fsp3) is 0.438. The summed E-state index contributed by atoms with van der Waals surface area (Å²) in [5, 5.41) is 0. The third-order valence-corrected chi connectivity index (χ3v) is 5.09. The number of imidazole rings is 1. The lowest BCUT2D eigenvalue weighted by atomic mass is 10.1. The van der Waals surface area contributed by atoms with Gasteiger partial charge in [0.05, 0.1) is 17.4 Å². The Morgan fingerprint density at radius 3 is 2.91 bits per heavy atom. The topological polar surface area (TPSA) is 46.8 Å². The van der Waals surface area contributed by atoms with Gasteiger partial charge in [0.25, 0.3) is 0 Å². The maximum atomic E-state index is 4.63. The first-order chi connectivity index (χ1) is 10.7. The van der Waals surface area contributed by atoms with Crippen LogP contribution in [0.4, 0.5) is 0 Å². The van der Waals surface area contributed by atoms with E-state index in [9.17, 15) is 0 Å². The molecular weight excluding hydrogens is 294 g/mol. The predicted molar refractivity (Wildman–Crippen MR) is 88.1 cm³/mol. The summed E-state index contributed by atoms with van der Waals surface area (Å²) in [6.45, 7) is 7.46. The van der Waals surface area contributed by atoms with Crippen LogP contribution in [0.2, 0.25) is 0 Å². The number of nitrogens with zero attached hydrogens (tertiary/aromatic N) is 5. The van der Waals surface area contributed by atoms with Crippen molar-refractivity contribution in [2.75, 3.05) is 13.1 Å². The molecule has 6 heteroatoms. The van der Waals surface area contributed by atoms with Gasteiger partial charge in [-0.05, 0) is 31.5 Å². The van der Waals surface area contributed by atoms with Gasteiger partial charge in [-0.2, -0.15) is 8.75 Å². The van der Waals surface area contributed by atoms with Crippen molar-refractivity contribution in [1.29, 1.82) is 0 Å². The highest BCUT2D eigenvalue weighted by Crippen LogP contribution is 2.25. The molecule has 22 heavy (non-hydrogen) atoms. The Morgan fingerprint density at radius 1 is 1.14 bits per heavy atom. The van der Waals surface area contributed by atoms with Gasteiger partial charge in [0, 0.05) is 38.3 Å². The molecule has 1 unspecified atom stereocenters. The second-order valence-electron chi connectivity index (χ2n) is 5.97. The van der Waals surface area contributed by atoms with Crippen molar-refractivity contribution in [2.45, 2.75) is 32.9 Å². The summed E-state index contributed by atoms with van der Waals surface area (Å²) in [4.78, 5) is 7.16. The lowest BCUT2D eigenvalue weighted by Crippen LogP contribution is -2.30. The third-order valence-electron chi connectivity index (χ3n) is 4.54. The molecular formula is C16H19N5S. The molecule has 0 spiro atoms. The fourth-order valence-electron chi connectivity index (χ4n) is 3.24. The van der Waals surface area contributed by atoms with Gasteiger partial charge in [0.2, 0.25) is 0 Å². The first-order valence-corrected chi connectivity index (χ1v) is 8.42. The third kappa shape index (κ3) is 2.42. The zero-order valence-electron chi connectivity index (χ0n) is 12.9. The van der Waals surface area contributed by atoms with Crippen LogP contribution in [0.25, 0.3) is 11.0 Å². The van der Waals surface area contributed by atoms with Crippen molar-refractivity contribution >= 4 is 22.8 Å². The largest absolute Gasteiger partial charge is 0.333 e. The Hall–Kier alpha value is -1.79. The molecule has 1 aliphatic rings. The lowest BCUT2D eigenvalue weighted by Gasteiger charge is -2.27. The molecule has 0 N–H and O–H groups in total. The van der Waals surface area contributed by atoms with Crippen molar-refractivity contribution in [1.82, 2.24) is 23.2 Å². The van der Waals surface area contributed by atoms with Gasteiger partial charge in [0.15, 0.2) is 0 Å². The molecule has 0 saturated heterocycles. The van der Waals surface area contributed by atoms with Crippen molar-refractivity contribution in [3.05, 3.63) is 41.5 Å². The molecule has 2 aromatic heterocycles. The number of benzene rings is 1. The van der Waals surface area contributed by atoms with Crippen molar-refractivity contribution in [3.8, 4) is 0 Å². The minimum Gasteiger partial charge on any atom is -0.333 e. The van der Waals surface area contributed by atoms with Crippen LogP contribution in [0.3, 0.4) is 0 Å². The first-order valence-electron chi connectivity index (χ1n) is 7.69. The average molecular weight is 313 g/mol. The summed E-state index contributed by atoms with van der Waals surface area (Å²) in [6.07, 6.45) is 3.18. The number of fused-ring (bicyclic) bond motifs is 2. The summed E-state index contributed by atoms with van der Waals surface area (Å²) in [6, 6.07) is 6.83. The summed E-state index contributed by atoms with van der Waals surface area (Å²) >= 11 is 1.28. The average Bonchev–Trinajstić information content (AvgIpc) is 3.07. The van der Waals surface area contributed by atoms with Gasteiger partial charge >= 0.3 is 0 Å². The van der Waals surface area contributed by atoms with Crippen molar-refractivity contribution < 1.29 is 0 Å². The van der Waals surface area contributed by atoms with Gasteiger partial charge in [-0.3, -0.25) is 4.90 Å². The summed E-state index contributed by atoms with van der Waals surface area (Å²) in [5.41, 5.74) is 4.44. The normalized spacial score (nSPS) is 17.4. The summed E-state index contributed by atoms with van der Waals surface area (Å²) in [5.74, 6) is 1.21. The van der Waals surface area contributed by atoms with Gasteiger partial charge in [-0.1, -0.05) is 6.07 Å². The van der Waals surface area contributed by atoms with Crippen LogP contribution in [0, 0.1) is 6.92 Å². The van der Waals surface area contributed by atoms with Gasteiger partial charge in [-0.25, -0.2) is 4.98 Å². The maximum absolute atomic E-state index is 4.63. The SMILES string of the molecule is Cc1cn2c(n1)CCN(C(C)c1ccc3nsnc3c1)CC2. The summed E-state index contributed by atoms with van der Waals surface area (Å²) < 4.78 is 10.9. The Kier molecular flexibility index (Phi) is 3.43. The van der Waals surface area contributed by atoms with E-state index in [2.05, 4.69) is 61.4 Å². The summed E-state index contributed by atoms with van der Waals surface area (Å²) in [7, 11) is 0. The second kappa shape index (κ2) is 5.44. The van der Waals surface area contributed by atoms with E-state index < -0.39 is 0 Å². The van der Waals surface area contributed by atoms with Gasteiger partial charge < -0.3 is 4.57 Å². The molecule has 0 bridgehead atoms. The number of aryl methyl sites for hydroxylation is 1. The molecule has 5 nitrogen and oxygen atoms in total. The van der Waals surface area contributed by atoms with E-state index in [4.69, 9.17) is 0 Å². The molecule has 0 fully saturated rings. The van der Waals surface area contributed by atoms with Crippen LogP contribution in [0.15, 0.2) is 24.4 Å². The van der Waals surface area contributed by atoms with Crippen LogP contribution in [0.1, 0.15) is 30.0 Å². The highest BCUT2D eigenvalue weighted by molar-refractivity contribution is 7.00. The molecule has 3 heterocycles. The van der Waals surface area contributed by atoms with Gasteiger partial charge in [-0.15, -0.1) is 0 Å². The quantitative estimate of drug-likeness (QED) is 0.730. The van der Waals surface area contributed by atoms with E-state index in [1.807, 2.05) is 0 Å². The zero-order valence-corrected chi connectivity index (χ0v) is 13.7. The molecule has 1 aromatic carbocycles. The molecule has 0 saturated carbocycles. The predicted octanol–water partition coefficient (Wildman–Crippen LogP) is 2.82. The maximum Gasteiger partial charge on any atom is 0.110 e. The van der Waals surface area contributed by atoms with Crippen molar-refractivity contribution in [3.63, 3.8) is 0 Å². The lowest BCUT2D eigenvalue weighted by molar-refractivity contribution is 0.215. The van der Waals surface area contributed by atoms with E-state index in [0.29, 0.717) is 6.04 Å². The molecule has 0 radical (unpaired) electrons. The molecule has 1 atom stereocenters. The molecule has 114 valence electrons. The number of hydrogen-bond donors (Lipinski definition) is 0. The van der Waals surface area contributed by atoms with E-state index in [-0.39, 0.29) is 0 Å². The fourth-order valence-corrected chi connectivity index (χ4v) is 3.76. The van der Waals surface area contributed by atoms with Crippen LogP contribution < -0.4 is 0 Å². The molecule has 0 aliphatic carbocycles. The number of rotatable bonds is 2. The Balaban J connectivity index is 1.55. The van der Waals surface area contributed by atoms with Crippen LogP contribution in [0.5, 0.6) is 0 Å². The zero-order chi connectivity index (χ0) is 15.1. The smallest absolute Gasteiger partial charge is 0.110 e. The number of aromatic nitrogens is 4. The van der Waals surface area contributed by atoms with Crippen LogP contribution in [-0.2, 0) is 13.0 Å². The van der Waals surface area contributed by atoms with Crippen molar-refractivity contribution in [2.24, 2.45) is 0 Å². The second-order valence-corrected chi connectivity index (χ2v) is 6.49. The highest BCUT2D eigenvalue weighted by Gasteiger charge is 2.21. The van der Waals surface area contributed by atoms with Crippen LogP contribution in [-0.4, -0.2) is 36.3 Å². The minimum absolute atomic E-state index is 0.386. The first kappa shape index (κ1) is 13.8. The monoisotopic (exact) mass is 313 g/mol. The molecule has 3 aromatic rings.